The molecule has 2 atom stereocenters. The van der Waals surface area contributed by atoms with Gasteiger partial charge in [0.15, 0.2) is 0 Å². The molecule has 26 heavy (non-hydrogen) atoms. The highest BCUT2D eigenvalue weighted by Crippen LogP contribution is 2.34. The van der Waals surface area contributed by atoms with Crippen LogP contribution in [0.15, 0.2) is 41.0 Å². The number of rotatable bonds is 4. The smallest absolute Gasteiger partial charge is 0.257 e. The molecule has 1 saturated heterocycles. The molecule has 0 spiro atoms. The Morgan fingerprint density at radius 1 is 1.27 bits per heavy atom. The lowest BCUT2D eigenvalue weighted by molar-refractivity contribution is 0.0669. The van der Waals surface area contributed by atoms with Crippen molar-refractivity contribution in [3.8, 4) is 0 Å². The molecule has 1 aromatic heterocycles. The average molecular weight is 352 g/mol. The Morgan fingerprint density at radius 2 is 2.12 bits per heavy atom. The monoisotopic (exact) mass is 352 g/mol. The van der Waals surface area contributed by atoms with E-state index in [0.29, 0.717) is 18.5 Å². The highest BCUT2D eigenvalue weighted by molar-refractivity contribution is 5.95. The third kappa shape index (κ3) is 3.13. The number of piperidine rings is 1. The van der Waals surface area contributed by atoms with Gasteiger partial charge in [-0.2, -0.15) is 0 Å². The van der Waals surface area contributed by atoms with Gasteiger partial charge >= 0.3 is 0 Å². The lowest BCUT2D eigenvalue weighted by Gasteiger charge is -2.32. The maximum Gasteiger partial charge on any atom is 0.257 e. The first-order chi connectivity index (χ1) is 12.7. The maximum absolute atomic E-state index is 13.1. The van der Waals surface area contributed by atoms with Gasteiger partial charge in [0.25, 0.3) is 5.91 Å². The first-order valence-electron chi connectivity index (χ1n) is 9.87. The third-order valence-electron chi connectivity index (χ3n) is 6.02. The molecule has 2 aliphatic rings. The maximum atomic E-state index is 13.1. The number of benzene rings is 1. The van der Waals surface area contributed by atoms with E-state index in [1.165, 1.54) is 17.7 Å². The van der Waals surface area contributed by atoms with Crippen molar-refractivity contribution < 1.29 is 9.21 Å². The summed E-state index contributed by atoms with van der Waals surface area (Å²) < 4.78 is 5.77. The molecule has 4 heteroatoms. The fraction of sp³-hybridized carbons (Fsp3) is 0.500. The Hall–Kier alpha value is -2.23. The highest BCUT2D eigenvalue weighted by Gasteiger charge is 2.30. The summed E-state index contributed by atoms with van der Waals surface area (Å²) >= 11 is 0. The average Bonchev–Trinajstić information content (AvgIpc) is 3.26. The minimum atomic E-state index is 0.132. The summed E-state index contributed by atoms with van der Waals surface area (Å²) in [7, 11) is 0. The second-order valence-corrected chi connectivity index (χ2v) is 7.73. The van der Waals surface area contributed by atoms with Gasteiger partial charge < -0.3 is 14.2 Å². The number of carbonyl (C=O) groups excluding carboxylic acids is 1. The van der Waals surface area contributed by atoms with Crippen LogP contribution < -0.4 is 4.90 Å². The van der Waals surface area contributed by atoms with Crippen LogP contribution in [0.1, 0.15) is 54.8 Å². The van der Waals surface area contributed by atoms with Crippen molar-refractivity contribution in [3.05, 3.63) is 53.5 Å². The molecule has 1 amide bonds. The minimum absolute atomic E-state index is 0.132. The molecule has 0 aliphatic carbocycles. The van der Waals surface area contributed by atoms with E-state index in [9.17, 15) is 4.79 Å². The van der Waals surface area contributed by atoms with Crippen LogP contribution in [0.25, 0.3) is 0 Å². The second-order valence-electron chi connectivity index (χ2n) is 7.73. The normalized spacial score (nSPS) is 22.5. The van der Waals surface area contributed by atoms with Crippen molar-refractivity contribution in [3.63, 3.8) is 0 Å². The summed E-state index contributed by atoms with van der Waals surface area (Å²) in [5, 5.41) is 0. The van der Waals surface area contributed by atoms with Gasteiger partial charge in [-0.15, -0.1) is 0 Å². The zero-order chi connectivity index (χ0) is 18.1. The predicted octanol–water partition coefficient (Wildman–Crippen LogP) is 4.49. The van der Waals surface area contributed by atoms with Crippen LogP contribution in [-0.4, -0.2) is 29.9 Å². The van der Waals surface area contributed by atoms with Crippen LogP contribution in [0.4, 0.5) is 5.69 Å². The number of carbonyl (C=O) groups is 1. The molecule has 2 aromatic rings. The molecule has 1 fully saturated rings. The quantitative estimate of drug-likeness (QED) is 0.813. The van der Waals surface area contributed by atoms with Gasteiger partial charge in [0.2, 0.25) is 0 Å². The summed E-state index contributed by atoms with van der Waals surface area (Å²) in [6.45, 7) is 6.85. The number of furan rings is 1. The van der Waals surface area contributed by atoms with Gasteiger partial charge in [0, 0.05) is 24.8 Å². The Labute approximate surface area is 155 Å². The van der Waals surface area contributed by atoms with Gasteiger partial charge in [-0.05, 0) is 49.8 Å². The van der Waals surface area contributed by atoms with E-state index in [2.05, 4.69) is 43.0 Å². The molecule has 138 valence electrons. The first kappa shape index (κ1) is 17.2. The van der Waals surface area contributed by atoms with Crippen LogP contribution in [0.3, 0.4) is 0 Å². The molecule has 3 heterocycles. The van der Waals surface area contributed by atoms with E-state index in [0.717, 1.165) is 43.7 Å². The van der Waals surface area contributed by atoms with Crippen molar-refractivity contribution in [1.29, 1.82) is 0 Å². The molecule has 1 aromatic carbocycles. The van der Waals surface area contributed by atoms with E-state index in [1.54, 1.807) is 6.26 Å². The number of para-hydroxylation sites is 1. The summed E-state index contributed by atoms with van der Waals surface area (Å²) in [5.74, 6) is 1.55. The lowest BCUT2D eigenvalue weighted by atomic mass is 9.95. The molecule has 0 saturated carbocycles. The summed E-state index contributed by atoms with van der Waals surface area (Å²) in [6.07, 6.45) is 6.19. The molecule has 2 unspecified atom stereocenters. The van der Waals surface area contributed by atoms with Crippen molar-refractivity contribution in [2.45, 2.75) is 52.1 Å². The fourth-order valence-corrected chi connectivity index (χ4v) is 4.43. The topological polar surface area (TPSA) is 36.7 Å². The molecular formula is C22H28N2O2. The van der Waals surface area contributed by atoms with E-state index < -0.39 is 0 Å². The molecule has 4 nitrogen and oxygen atoms in total. The van der Waals surface area contributed by atoms with Crippen LogP contribution in [0.5, 0.6) is 0 Å². The Kier molecular flexibility index (Phi) is 4.75. The Bertz CT molecular complexity index is 782. The van der Waals surface area contributed by atoms with Gasteiger partial charge in [-0.3, -0.25) is 4.79 Å². The number of hydrogen-bond acceptors (Lipinski definition) is 3. The van der Waals surface area contributed by atoms with Crippen molar-refractivity contribution in [1.82, 2.24) is 4.90 Å². The van der Waals surface area contributed by atoms with Gasteiger partial charge in [-0.25, -0.2) is 0 Å². The lowest BCUT2D eigenvalue weighted by Crippen LogP contribution is -2.40. The van der Waals surface area contributed by atoms with E-state index >= 15 is 0 Å². The summed E-state index contributed by atoms with van der Waals surface area (Å²) in [4.78, 5) is 17.5. The Morgan fingerprint density at radius 3 is 2.96 bits per heavy atom. The molecule has 4 rings (SSSR count). The minimum Gasteiger partial charge on any atom is -0.467 e. The Balaban J connectivity index is 1.53. The number of anilines is 1. The second kappa shape index (κ2) is 7.18. The van der Waals surface area contributed by atoms with Crippen molar-refractivity contribution in [2.24, 2.45) is 5.92 Å². The standard InChI is InChI=1S/C22H28N2O2/c1-3-17-7-6-11-23(14-17)22(25)19-10-12-26-21(19)15-24-16(2)13-18-8-4-5-9-20(18)24/h4-5,8-10,12,16-17H,3,6-7,11,13-15H2,1-2H3. The third-order valence-corrected chi connectivity index (χ3v) is 6.02. The molecule has 0 bridgehead atoms. The number of likely N-dealkylation sites (tertiary alicyclic amines) is 1. The molecule has 0 radical (unpaired) electrons. The summed E-state index contributed by atoms with van der Waals surface area (Å²) in [6, 6.07) is 10.8. The van der Waals surface area contributed by atoms with Crippen molar-refractivity contribution >= 4 is 11.6 Å². The number of fused-ring (bicyclic) bond motifs is 1. The molecular weight excluding hydrogens is 324 g/mol. The van der Waals surface area contributed by atoms with E-state index in [-0.39, 0.29) is 5.91 Å². The molecule has 0 N–H and O–H groups in total. The predicted molar refractivity (Wildman–Crippen MR) is 103 cm³/mol. The van der Waals surface area contributed by atoms with E-state index in [4.69, 9.17) is 4.42 Å². The summed E-state index contributed by atoms with van der Waals surface area (Å²) in [5.41, 5.74) is 3.37. The van der Waals surface area contributed by atoms with Crippen LogP contribution in [0, 0.1) is 5.92 Å². The SMILES string of the molecule is CCC1CCCN(C(=O)c2ccoc2CN2c3ccccc3CC2C)C1. The van der Waals surface area contributed by atoms with E-state index in [1.807, 2.05) is 11.0 Å². The highest BCUT2D eigenvalue weighted by atomic mass is 16.3. The van der Waals surface area contributed by atoms with Gasteiger partial charge in [-0.1, -0.05) is 31.5 Å². The van der Waals surface area contributed by atoms with Crippen LogP contribution in [-0.2, 0) is 13.0 Å². The largest absolute Gasteiger partial charge is 0.467 e. The fourth-order valence-electron chi connectivity index (χ4n) is 4.43. The van der Waals surface area contributed by atoms with Gasteiger partial charge in [0.1, 0.15) is 5.76 Å². The van der Waals surface area contributed by atoms with Crippen LogP contribution >= 0.6 is 0 Å². The zero-order valence-corrected chi connectivity index (χ0v) is 15.8. The zero-order valence-electron chi connectivity index (χ0n) is 15.8. The first-order valence-corrected chi connectivity index (χ1v) is 9.87. The van der Waals surface area contributed by atoms with Gasteiger partial charge in [0.05, 0.1) is 18.4 Å². The van der Waals surface area contributed by atoms with Crippen LogP contribution in [0.2, 0.25) is 0 Å². The number of amides is 1. The number of nitrogens with zero attached hydrogens (tertiary/aromatic N) is 2. The van der Waals surface area contributed by atoms with Crippen molar-refractivity contribution in [2.75, 3.05) is 18.0 Å². The molecule has 2 aliphatic heterocycles. The number of hydrogen-bond donors (Lipinski definition) is 0.